The van der Waals surface area contributed by atoms with Crippen molar-refractivity contribution in [3.63, 3.8) is 0 Å². The number of methoxy groups -OCH3 is 2. The monoisotopic (exact) mass is 2110 g/mol. The van der Waals surface area contributed by atoms with Gasteiger partial charge in [0, 0.05) is 85.5 Å². The molecule has 143 heavy (non-hydrogen) atoms. The molecule has 5 aliphatic rings. The number of carbonyl (C=O) groups excluding carboxylic acids is 10. The number of rotatable bonds is 34. The van der Waals surface area contributed by atoms with Gasteiger partial charge in [-0.05, 0) is 187 Å². The zero-order chi connectivity index (χ0) is 101. The predicted octanol–water partition coefficient (Wildman–Crippen LogP) is 22.1. The summed E-state index contributed by atoms with van der Waals surface area (Å²) in [5, 5.41) is 32.1. The van der Waals surface area contributed by atoms with Gasteiger partial charge in [0.15, 0.2) is 11.5 Å². The summed E-state index contributed by atoms with van der Waals surface area (Å²) >= 11 is 35.3. The number of carbonyl (C=O) groups is 10. The first-order chi connectivity index (χ1) is 69.7. The molecule has 11 aromatic rings. The molecule has 0 saturated heterocycles. The number of benzene rings is 7. The maximum absolute atomic E-state index is 14.8. The molecule has 5 N–H and O–H groups in total. The Morgan fingerprint density at radius 1 is 0.385 bits per heavy atom. The van der Waals surface area contributed by atoms with Gasteiger partial charge in [0.2, 0.25) is 65.9 Å². The van der Waals surface area contributed by atoms with Crippen LogP contribution in [0.5, 0.6) is 23.0 Å². The highest BCUT2D eigenvalue weighted by Gasteiger charge is 2.41. The molecule has 25 nitrogen and oxygen atoms in total. The van der Waals surface area contributed by atoms with Crippen LogP contribution in [0.4, 0.5) is 27.1 Å². The molecule has 5 atom stereocenters. The fourth-order valence-corrected chi connectivity index (χ4v) is 21.8. The van der Waals surface area contributed by atoms with Crippen molar-refractivity contribution in [3.05, 3.63) is 294 Å². The van der Waals surface area contributed by atoms with Gasteiger partial charge in [-0.1, -0.05) is 192 Å². The van der Waals surface area contributed by atoms with Gasteiger partial charge in [-0.2, -0.15) is 5.26 Å². The van der Waals surface area contributed by atoms with E-state index in [0.29, 0.717) is 56.9 Å². The molecule has 4 fully saturated rings. The minimum Gasteiger partial charge on any atom is -0.497 e. The van der Waals surface area contributed by atoms with E-state index in [9.17, 15) is 52.3 Å². The summed E-state index contributed by atoms with van der Waals surface area (Å²) in [6, 6.07) is 64.1. The number of ether oxygens (including phenoxy) is 4. The van der Waals surface area contributed by atoms with Crippen LogP contribution in [0.2, 0.25) is 0 Å². The fourth-order valence-electron chi connectivity index (χ4n) is 17.9. The highest BCUT2D eigenvalue weighted by Crippen LogP contribution is 2.42. The molecular weight excluding hydrogens is 2000 g/mol. The standard InChI is InChI=1S/C25H22ClFN2O4.C21H22ClN3O2S.2C21H25ClN2O3S.C20H23ClN2O2S/c26-13-23(30)29(15-18-10-11-21-22(12-18)33-16-32-21)24(19-8-4-5-9-20(19)27)25(31)28-14-17-6-2-1-3-7-17;22-13-19(26)25(17-10-8-15(14-23)9-11-17)20(18-7-4-12-28-18)21(27)24-16-5-2-1-3-6-16;1-27-17-10-5-9-16(13-17)24(19(25)14-22)20(18-11-6-12-28-18)21(26)23-15-7-3-2-4-8-15;1-27-17-11-6-5-10-16(17)24(19(25)14-22)20(18-12-7-13-28-18)21(26)23-15-8-3-2-4-9-15;21-14-18(24)23(16-10-5-2-6-11-16)19(17-12-7-13-26-17)20(25)22-15-8-3-1-4-9-15/h1-12,24H,13-16H2,(H,28,31);4,7-12,16,20H,1-3,5-6,13H2,(H,24,27);5-6,9-13,15,20H,2-4,7-8,14H2,1H3,(H,23,26);5-7,10-13,15,20H,2-4,8-9,14H2,1H3,(H,23,26);2,5-7,10-13,15,19H,1,3-4,8-9,14H2,(H,22,25). The van der Waals surface area contributed by atoms with Gasteiger partial charge in [-0.3, -0.25) is 67.5 Å². The Kier molecular flexibility index (Phi) is 44.2. The van der Waals surface area contributed by atoms with E-state index in [1.54, 1.807) is 99.1 Å². The number of fused-ring (bicyclic) bond motifs is 1. The maximum Gasteiger partial charge on any atom is 0.248 e. The molecular formula is C108H117Cl5FN11O14S4. The third-order valence-electron chi connectivity index (χ3n) is 24.9. The average molecular weight is 2120 g/mol. The van der Waals surface area contributed by atoms with Crippen molar-refractivity contribution in [2.45, 2.75) is 196 Å². The number of amides is 10. The first-order valence-electron chi connectivity index (χ1n) is 47.7. The second-order valence-corrected chi connectivity index (χ2v) is 39.7. The molecule has 35 heteroatoms. The molecule has 7 aromatic carbocycles. The molecule has 4 aromatic heterocycles. The summed E-state index contributed by atoms with van der Waals surface area (Å²) in [6.45, 7) is 0.375. The number of anilines is 4. The third kappa shape index (κ3) is 31.1. The molecule has 5 heterocycles. The zero-order valence-electron chi connectivity index (χ0n) is 79.5. The molecule has 4 aliphatic carbocycles. The van der Waals surface area contributed by atoms with Crippen LogP contribution in [-0.2, 0) is 61.0 Å². The summed E-state index contributed by atoms with van der Waals surface area (Å²) in [5.41, 5.74) is 4.48. The van der Waals surface area contributed by atoms with Crippen molar-refractivity contribution in [3.8, 4) is 29.1 Å². The van der Waals surface area contributed by atoms with Crippen LogP contribution >= 0.6 is 103 Å². The second kappa shape index (κ2) is 57.6. The lowest BCUT2D eigenvalue weighted by Crippen LogP contribution is -2.47. The van der Waals surface area contributed by atoms with Gasteiger partial charge in [0.05, 0.1) is 31.5 Å². The lowest BCUT2D eigenvalue weighted by molar-refractivity contribution is -0.140. The van der Waals surface area contributed by atoms with Gasteiger partial charge in [-0.25, -0.2) is 4.39 Å². The minimum absolute atomic E-state index is 0.0277. The Labute approximate surface area is 874 Å². The molecule has 16 rings (SSSR count). The normalized spacial score (nSPS) is 15.0. The Hall–Kier alpha value is -11.9. The number of hydrogen-bond donors (Lipinski definition) is 5. The lowest BCUT2D eigenvalue weighted by Gasteiger charge is -2.33. The molecule has 10 amide bonds. The third-order valence-corrected chi connectivity index (χ3v) is 29.7. The van der Waals surface area contributed by atoms with Crippen LogP contribution in [0.15, 0.2) is 246 Å². The van der Waals surface area contributed by atoms with Crippen LogP contribution < -0.4 is 65.1 Å². The van der Waals surface area contributed by atoms with E-state index in [1.165, 1.54) is 114 Å². The molecule has 0 bridgehead atoms. The van der Waals surface area contributed by atoms with E-state index in [4.69, 9.17) is 82.2 Å². The SMILES string of the molecule is COc1cccc(N(C(=O)CCl)C(C(=O)NC2CCCCC2)c2cccs2)c1.COc1ccccc1N(C(=O)CCl)C(C(=O)NC1CCCCC1)c1cccs1.N#Cc1ccc(N(C(=O)CCl)C(C(=O)NC2CCCCC2)c2cccs2)cc1.O=C(NC1CCCCC1)C(c1cccs1)N(C(=O)CCl)c1ccccc1.O=C(NCc1ccccc1)C(c1ccccc1F)N(Cc1ccc2c(c1)OCO2)C(=O)CCl. The Bertz CT molecular complexity index is 5940. The highest BCUT2D eigenvalue weighted by atomic mass is 35.5. The average Bonchev–Trinajstić information content (AvgIpc) is 1.78. The second-order valence-electron chi connectivity index (χ2n) is 34.5. The van der Waals surface area contributed by atoms with E-state index in [1.807, 2.05) is 143 Å². The number of thiophene rings is 4. The number of halogens is 6. The zero-order valence-corrected chi connectivity index (χ0v) is 86.5. The van der Waals surface area contributed by atoms with Crippen molar-refractivity contribution >= 4 is 185 Å². The van der Waals surface area contributed by atoms with E-state index in [2.05, 4.69) is 32.7 Å². The smallest absolute Gasteiger partial charge is 0.248 e. The van der Waals surface area contributed by atoms with Crippen molar-refractivity contribution in [1.29, 1.82) is 5.26 Å². The van der Waals surface area contributed by atoms with E-state index >= 15 is 0 Å². The summed E-state index contributed by atoms with van der Waals surface area (Å²) in [5.74, 6) is -2.53. The molecule has 0 radical (unpaired) electrons. The summed E-state index contributed by atoms with van der Waals surface area (Å²) in [7, 11) is 3.11. The number of nitrogens with one attached hydrogen (secondary N) is 5. The Balaban J connectivity index is 0.000000160. The van der Waals surface area contributed by atoms with Gasteiger partial charge < -0.3 is 50.4 Å². The number of alkyl halides is 5. The van der Waals surface area contributed by atoms with Gasteiger partial charge in [0.25, 0.3) is 0 Å². The van der Waals surface area contributed by atoms with Crippen LogP contribution in [-0.4, -0.2) is 139 Å². The van der Waals surface area contributed by atoms with Crippen molar-refractivity contribution in [1.82, 2.24) is 31.5 Å². The van der Waals surface area contributed by atoms with Gasteiger partial charge in [-0.15, -0.1) is 103 Å². The van der Waals surface area contributed by atoms with Crippen LogP contribution in [0, 0.1) is 17.1 Å². The van der Waals surface area contributed by atoms with E-state index in [0.717, 1.165) is 128 Å². The van der Waals surface area contributed by atoms with Crippen LogP contribution in [0.1, 0.15) is 200 Å². The first kappa shape index (κ1) is 110. The van der Waals surface area contributed by atoms with Crippen molar-refractivity contribution in [2.24, 2.45) is 0 Å². The number of para-hydroxylation sites is 3. The van der Waals surface area contributed by atoms with Gasteiger partial charge in [0.1, 0.15) is 76.9 Å². The van der Waals surface area contributed by atoms with E-state index < -0.39 is 47.8 Å². The number of nitrogens with zero attached hydrogens (tertiary/aromatic N) is 6. The van der Waals surface area contributed by atoms with Crippen LogP contribution in [0.25, 0.3) is 0 Å². The molecule has 4 saturated carbocycles. The fraction of sp³-hybridized carbons (Fsp3) is 0.361. The van der Waals surface area contributed by atoms with Crippen molar-refractivity contribution < 1.29 is 71.3 Å². The minimum atomic E-state index is -1.22. The topological polar surface area (TPSA) is 308 Å². The Morgan fingerprint density at radius 2 is 0.776 bits per heavy atom. The Morgan fingerprint density at radius 3 is 1.20 bits per heavy atom. The maximum atomic E-state index is 14.8. The number of nitriles is 1. The van der Waals surface area contributed by atoms with Gasteiger partial charge >= 0.3 is 0 Å². The summed E-state index contributed by atoms with van der Waals surface area (Å²) in [4.78, 5) is 141. The quantitative estimate of drug-likeness (QED) is 0.0234. The first-order valence-corrected chi connectivity index (χ1v) is 53.9. The highest BCUT2D eigenvalue weighted by molar-refractivity contribution is 7.11. The molecule has 5 unspecified atom stereocenters. The molecule has 0 spiro atoms. The number of hydrogen-bond acceptors (Lipinski definition) is 19. The predicted molar refractivity (Wildman–Crippen MR) is 566 cm³/mol. The summed E-state index contributed by atoms with van der Waals surface area (Å²) < 4.78 is 36.3. The van der Waals surface area contributed by atoms with Crippen molar-refractivity contribution in [2.75, 3.05) is 70.0 Å². The van der Waals surface area contributed by atoms with E-state index in [-0.39, 0.29) is 126 Å². The largest absolute Gasteiger partial charge is 0.497 e. The molecule has 754 valence electrons. The lowest BCUT2D eigenvalue weighted by atomic mass is 9.95. The molecule has 1 aliphatic heterocycles. The van der Waals surface area contributed by atoms with Crippen LogP contribution in [0.3, 0.4) is 0 Å². The summed E-state index contributed by atoms with van der Waals surface area (Å²) in [6.07, 6.45) is 21.6.